The Hall–Kier alpha value is -1.80. The number of aliphatic hydroxyl groups excluding tert-OH is 1. The van der Waals surface area contributed by atoms with E-state index in [1.807, 2.05) is 11.9 Å². The summed E-state index contributed by atoms with van der Waals surface area (Å²) in [4.78, 5) is 4.24. The number of rotatable bonds is 7. The standard InChI is InChI=1S/C18H25FN4O2/c1-22(12-15(24)13-23-6-8-25-9-7-23)11-14-10-20-21-18(14)16-4-2-3-5-17(16)19/h2-5,10,15,24H,6-9,11-13H2,1H3,(H,20,21). The number of H-pyrrole nitrogens is 1. The van der Waals surface area contributed by atoms with E-state index in [9.17, 15) is 9.50 Å². The number of halogens is 1. The third-order valence-electron chi connectivity index (χ3n) is 4.40. The van der Waals surface area contributed by atoms with Crippen LogP contribution in [0.5, 0.6) is 0 Å². The molecule has 1 atom stereocenters. The first kappa shape index (κ1) is 18.0. The van der Waals surface area contributed by atoms with Gasteiger partial charge in [0, 0.05) is 43.9 Å². The van der Waals surface area contributed by atoms with Gasteiger partial charge in [0.2, 0.25) is 0 Å². The first-order valence-electron chi connectivity index (χ1n) is 8.57. The van der Waals surface area contributed by atoms with E-state index in [1.54, 1.807) is 24.4 Å². The van der Waals surface area contributed by atoms with Gasteiger partial charge in [-0.15, -0.1) is 0 Å². The average molecular weight is 348 g/mol. The van der Waals surface area contributed by atoms with Crippen LogP contribution in [0.4, 0.5) is 4.39 Å². The van der Waals surface area contributed by atoms with Gasteiger partial charge in [0.25, 0.3) is 0 Å². The Kier molecular flexibility index (Phi) is 6.14. The third kappa shape index (κ3) is 4.85. The maximum Gasteiger partial charge on any atom is 0.132 e. The molecule has 1 saturated heterocycles. The molecule has 3 rings (SSSR count). The Morgan fingerprint density at radius 1 is 1.36 bits per heavy atom. The molecule has 1 aromatic heterocycles. The van der Waals surface area contributed by atoms with Crippen LogP contribution in [0.1, 0.15) is 5.56 Å². The van der Waals surface area contributed by atoms with Gasteiger partial charge >= 0.3 is 0 Å². The molecule has 0 spiro atoms. The van der Waals surface area contributed by atoms with Gasteiger partial charge < -0.3 is 9.84 Å². The smallest absolute Gasteiger partial charge is 0.132 e. The van der Waals surface area contributed by atoms with Gasteiger partial charge in [0.15, 0.2) is 0 Å². The fraction of sp³-hybridized carbons (Fsp3) is 0.500. The zero-order chi connectivity index (χ0) is 17.6. The lowest BCUT2D eigenvalue weighted by molar-refractivity contribution is 0.00826. The molecule has 6 nitrogen and oxygen atoms in total. The van der Waals surface area contributed by atoms with Gasteiger partial charge in [0.1, 0.15) is 5.82 Å². The fourth-order valence-corrected chi connectivity index (χ4v) is 3.18. The molecule has 1 aliphatic heterocycles. The molecule has 0 radical (unpaired) electrons. The van der Waals surface area contributed by atoms with E-state index in [1.165, 1.54) is 6.07 Å². The lowest BCUT2D eigenvalue weighted by Crippen LogP contribution is -2.43. The number of benzene rings is 1. The number of aliphatic hydroxyl groups is 1. The molecule has 2 N–H and O–H groups in total. The lowest BCUT2D eigenvalue weighted by Gasteiger charge is -2.30. The molecule has 2 heterocycles. The van der Waals surface area contributed by atoms with Crippen molar-refractivity contribution in [3.05, 3.63) is 41.8 Å². The van der Waals surface area contributed by atoms with Crippen LogP contribution in [0.2, 0.25) is 0 Å². The maximum atomic E-state index is 14.0. The lowest BCUT2D eigenvalue weighted by atomic mass is 10.1. The van der Waals surface area contributed by atoms with E-state index >= 15 is 0 Å². The van der Waals surface area contributed by atoms with E-state index in [4.69, 9.17) is 4.74 Å². The van der Waals surface area contributed by atoms with Crippen LogP contribution in [0.15, 0.2) is 30.5 Å². The van der Waals surface area contributed by atoms with Crippen molar-refractivity contribution >= 4 is 0 Å². The molecular formula is C18H25FN4O2. The van der Waals surface area contributed by atoms with Crippen molar-refractivity contribution in [2.75, 3.05) is 46.4 Å². The maximum absolute atomic E-state index is 14.0. The topological polar surface area (TPSA) is 64.6 Å². The summed E-state index contributed by atoms with van der Waals surface area (Å²) in [6.45, 7) is 4.94. The number of hydrogen-bond acceptors (Lipinski definition) is 5. The summed E-state index contributed by atoms with van der Waals surface area (Å²) < 4.78 is 19.3. The number of aromatic nitrogens is 2. The van der Waals surface area contributed by atoms with Crippen LogP contribution in [0.3, 0.4) is 0 Å². The zero-order valence-corrected chi connectivity index (χ0v) is 14.5. The highest BCUT2D eigenvalue weighted by molar-refractivity contribution is 5.63. The van der Waals surface area contributed by atoms with Crippen LogP contribution >= 0.6 is 0 Å². The third-order valence-corrected chi connectivity index (χ3v) is 4.40. The number of morpholine rings is 1. The molecule has 0 amide bonds. The summed E-state index contributed by atoms with van der Waals surface area (Å²) in [5.41, 5.74) is 2.11. The summed E-state index contributed by atoms with van der Waals surface area (Å²) in [7, 11) is 1.95. The molecule has 2 aromatic rings. The highest BCUT2D eigenvalue weighted by Gasteiger charge is 2.18. The van der Waals surface area contributed by atoms with Crippen LogP contribution in [-0.2, 0) is 11.3 Å². The number of likely N-dealkylation sites (N-methyl/N-ethyl adjacent to an activating group) is 1. The summed E-state index contributed by atoms with van der Waals surface area (Å²) in [6.07, 6.45) is 1.28. The fourth-order valence-electron chi connectivity index (χ4n) is 3.18. The Labute approximate surface area is 147 Å². The molecule has 0 saturated carbocycles. The highest BCUT2D eigenvalue weighted by Crippen LogP contribution is 2.24. The normalized spacial score (nSPS) is 17.1. The van der Waals surface area contributed by atoms with Gasteiger partial charge in [-0.3, -0.25) is 14.9 Å². The van der Waals surface area contributed by atoms with Crippen LogP contribution in [0, 0.1) is 5.82 Å². The summed E-state index contributed by atoms with van der Waals surface area (Å²) in [6, 6.07) is 6.65. The molecule has 7 heteroatoms. The Bertz CT molecular complexity index is 673. The summed E-state index contributed by atoms with van der Waals surface area (Å²) >= 11 is 0. The molecule has 0 bridgehead atoms. The molecule has 1 aromatic carbocycles. The minimum absolute atomic E-state index is 0.275. The molecule has 25 heavy (non-hydrogen) atoms. The van der Waals surface area contributed by atoms with Gasteiger partial charge in [-0.25, -0.2) is 4.39 Å². The van der Waals surface area contributed by atoms with Gasteiger partial charge in [-0.1, -0.05) is 12.1 Å². The van der Waals surface area contributed by atoms with Gasteiger partial charge in [-0.2, -0.15) is 5.10 Å². The van der Waals surface area contributed by atoms with E-state index in [0.717, 1.165) is 31.9 Å². The Morgan fingerprint density at radius 3 is 2.88 bits per heavy atom. The molecule has 136 valence electrons. The molecule has 0 aliphatic carbocycles. The van der Waals surface area contributed by atoms with E-state index < -0.39 is 6.10 Å². The van der Waals surface area contributed by atoms with Crippen molar-refractivity contribution in [1.82, 2.24) is 20.0 Å². The predicted octanol–water partition coefficient (Wildman–Crippen LogP) is 1.34. The van der Waals surface area contributed by atoms with Gasteiger partial charge in [0.05, 0.1) is 31.2 Å². The minimum Gasteiger partial charge on any atom is -0.390 e. The van der Waals surface area contributed by atoms with Crippen molar-refractivity contribution < 1.29 is 14.2 Å². The molecule has 1 unspecified atom stereocenters. The molecule has 1 fully saturated rings. The van der Waals surface area contributed by atoms with E-state index in [-0.39, 0.29) is 5.82 Å². The van der Waals surface area contributed by atoms with Crippen LogP contribution < -0.4 is 0 Å². The second-order valence-corrected chi connectivity index (χ2v) is 6.51. The zero-order valence-electron chi connectivity index (χ0n) is 14.5. The first-order chi connectivity index (χ1) is 12.1. The largest absolute Gasteiger partial charge is 0.390 e. The second-order valence-electron chi connectivity index (χ2n) is 6.51. The van der Waals surface area contributed by atoms with Crippen LogP contribution in [-0.4, -0.2) is 77.6 Å². The van der Waals surface area contributed by atoms with Crippen LogP contribution in [0.25, 0.3) is 11.3 Å². The number of nitrogens with one attached hydrogen (secondary N) is 1. The van der Waals surface area contributed by atoms with Crippen molar-refractivity contribution in [2.24, 2.45) is 0 Å². The summed E-state index contributed by atoms with van der Waals surface area (Å²) in [5, 5.41) is 17.3. The Balaban J connectivity index is 1.57. The number of hydrogen-bond donors (Lipinski definition) is 2. The molecule has 1 aliphatic rings. The summed E-state index contributed by atoms with van der Waals surface area (Å²) in [5.74, 6) is -0.275. The highest BCUT2D eigenvalue weighted by atomic mass is 19.1. The first-order valence-corrected chi connectivity index (χ1v) is 8.57. The van der Waals surface area contributed by atoms with Crippen molar-refractivity contribution in [3.8, 4) is 11.3 Å². The average Bonchev–Trinajstić information content (AvgIpc) is 3.03. The van der Waals surface area contributed by atoms with Crippen molar-refractivity contribution in [1.29, 1.82) is 0 Å². The van der Waals surface area contributed by atoms with E-state index in [2.05, 4.69) is 15.1 Å². The number of β-amino-alcohol motifs (C(OH)–C–C–N with tert-alkyl or cyclic N) is 1. The van der Waals surface area contributed by atoms with Gasteiger partial charge in [-0.05, 0) is 19.2 Å². The number of aromatic amines is 1. The van der Waals surface area contributed by atoms with Crippen molar-refractivity contribution in [2.45, 2.75) is 12.6 Å². The minimum atomic E-state index is -0.438. The number of ether oxygens (including phenoxy) is 1. The van der Waals surface area contributed by atoms with Crippen molar-refractivity contribution in [3.63, 3.8) is 0 Å². The Morgan fingerprint density at radius 2 is 2.12 bits per heavy atom. The number of nitrogens with zero attached hydrogens (tertiary/aromatic N) is 3. The van der Waals surface area contributed by atoms with E-state index in [0.29, 0.717) is 30.9 Å². The monoisotopic (exact) mass is 348 g/mol. The molecular weight excluding hydrogens is 323 g/mol. The quantitative estimate of drug-likeness (QED) is 0.791. The predicted molar refractivity (Wildman–Crippen MR) is 93.6 cm³/mol. The SMILES string of the molecule is CN(Cc1cn[nH]c1-c1ccccc1F)CC(O)CN1CCOCC1. The second kappa shape index (κ2) is 8.53.